The van der Waals surface area contributed by atoms with Gasteiger partial charge in [-0.15, -0.1) is 0 Å². The van der Waals surface area contributed by atoms with Crippen LogP contribution in [0.1, 0.15) is 84.5 Å². The Balaban J connectivity index is 0. The lowest BCUT2D eigenvalue weighted by Crippen LogP contribution is -3.00. The van der Waals surface area contributed by atoms with Gasteiger partial charge in [0.25, 0.3) is 0 Å². The highest BCUT2D eigenvalue weighted by atomic mass is 35.5. The maximum absolute atomic E-state index is 3.88. The van der Waals surface area contributed by atoms with Crippen molar-refractivity contribution < 1.29 is 16.9 Å². The van der Waals surface area contributed by atoms with E-state index >= 15 is 0 Å². The molecule has 1 nitrogen and oxygen atoms in total. The minimum Gasteiger partial charge on any atom is -1.00 e. The van der Waals surface area contributed by atoms with Gasteiger partial charge < -0.3 is 16.9 Å². The topological polar surface area (TPSA) is 0 Å². The Hall–Kier alpha value is -0.0100. The molecule has 0 aromatic heterocycles. The van der Waals surface area contributed by atoms with Crippen molar-refractivity contribution >= 4 is 0 Å². The van der Waals surface area contributed by atoms with Crippen LogP contribution in [0.2, 0.25) is 0 Å². The van der Waals surface area contributed by atoms with Crippen molar-refractivity contribution in [3.05, 3.63) is 12.7 Å². The second-order valence-electron chi connectivity index (χ2n) is 6.67. The first kappa shape index (κ1) is 23.3. The average Bonchev–Trinajstić information content (AvgIpc) is 2.45. The van der Waals surface area contributed by atoms with E-state index in [0.29, 0.717) is 0 Å². The highest BCUT2D eigenvalue weighted by Crippen LogP contribution is 2.12. The molecule has 0 aromatic rings. The summed E-state index contributed by atoms with van der Waals surface area (Å²) in [6.07, 6.45) is 17.8. The molecule has 0 saturated carbocycles. The van der Waals surface area contributed by atoms with Gasteiger partial charge in [0.15, 0.2) is 0 Å². The van der Waals surface area contributed by atoms with Crippen LogP contribution in [0.15, 0.2) is 12.7 Å². The molecule has 0 amide bonds. The summed E-state index contributed by atoms with van der Waals surface area (Å²) >= 11 is 0. The molecule has 0 fully saturated rings. The third kappa shape index (κ3) is 14.7. The number of unbranched alkanes of at least 4 members (excludes halogenated alkanes) is 10. The van der Waals surface area contributed by atoms with E-state index in [-0.39, 0.29) is 12.4 Å². The van der Waals surface area contributed by atoms with E-state index < -0.39 is 0 Å². The van der Waals surface area contributed by atoms with Crippen LogP contribution >= 0.6 is 0 Å². The van der Waals surface area contributed by atoms with E-state index in [1.165, 1.54) is 88.2 Å². The van der Waals surface area contributed by atoms with Gasteiger partial charge in [0.1, 0.15) is 0 Å². The number of nitrogens with zero attached hydrogens (tertiary/aromatic N) is 1. The molecule has 0 heterocycles. The summed E-state index contributed by atoms with van der Waals surface area (Å²) in [5.74, 6) is 0. The largest absolute Gasteiger partial charge is 1.00 e. The molecule has 0 aromatic carbocycles. The van der Waals surface area contributed by atoms with Crippen molar-refractivity contribution in [3.63, 3.8) is 0 Å². The molecule has 0 aliphatic heterocycles. The second-order valence-corrected chi connectivity index (χ2v) is 6.67. The van der Waals surface area contributed by atoms with E-state index in [1.807, 2.05) is 0 Å². The van der Waals surface area contributed by atoms with Crippen LogP contribution in [0.25, 0.3) is 0 Å². The summed E-state index contributed by atoms with van der Waals surface area (Å²) in [6.45, 7) is 12.1. The molecular formula is C19H40ClN. The molecule has 0 aliphatic rings. The van der Waals surface area contributed by atoms with Crippen LogP contribution in [-0.2, 0) is 0 Å². The molecule has 0 spiro atoms. The van der Waals surface area contributed by atoms with Crippen LogP contribution in [0.4, 0.5) is 0 Å². The predicted molar refractivity (Wildman–Crippen MR) is 93.1 cm³/mol. The van der Waals surface area contributed by atoms with Crippen molar-refractivity contribution in [2.45, 2.75) is 84.5 Å². The summed E-state index contributed by atoms with van der Waals surface area (Å²) in [7, 11) is 2.36. The van der Waals surface area contributed by atoms with Crippen molar-refractivity contribution in [2.75, 3.05) is 26.7 Å². The Bertz CT molecular complexity index is 218. The highest BCUT2D eigenvalue weighted by Gasteiger charge is 2.15. The van der Waals surface area contributed by atoms with Crippen molar-refractivity contribution in [2.24, 2.45) is 0 Å². The van der Waals surface area contributed by atoms with Gasteiger partial charge in [0.2, 0.25) is 0 Å². The Labute approximate surface area is 141 Å². The zero-order valence-corrected chi connectivity index (χ0v) is 15.8. The number of halogens is 1. The molecule has 0 rings (SSSR count). The lowest BCUT2D eigenvalue weighted by molar-refractivity contribution is -0.902. The van der Waals surface area contributed by atoms with Crippen molar-refractivity contribution in [3.8, 4) is 0 Å². The third-order valence-electron chi connectivity index (χ3n) is 4.63. The number of rotatable bonds is 15. The smallest absolute Gasteiger partial charge is 0.0968 e. The fourth-order valence-corrected chi connectivity index (χ4v) is 2.85. The van der Waals surface area contributed by atoms with Crippen LogP contribution < -0.4 is 12.4 Å². The summed E-state index contributed by atoms with van der Waals surface area (Å²) in [6, 6.07) is 0. The number of hydrogen-bond acceptors (Lipinski definition) is 0. The fourth-order valence-electron chi connectivity index (χ4n) is 2.85. The normalized spacial score (nSPS) is 13.5. The van der Waals surface area contributed by atoms with Gasteiger partial charge in [-0.05, 0) is 25.8 Å². The summed E-state index contributed by atoms with van der Waals surface area (Å²) in [5, 5.41) is 0. The zero-order chi connectivity index (χ0) is 15.1. The first-order valence-electron chi connectivity index (χ1n) is 9.13. The average molecular weight is 318 g/mol. The number of likely N-dealkylation sites (N-methyl/N-ethyl adjacent to an activating group) is 1. The quantitative estimate of drug-likeness (QED) is 0.247. The van der Waals surface area contributed by atoms with Crippen molar-refractivity contribution in [1.82, 2.24) is 0 Å². The zero-order valence-electron chi connectivity index (χ0n) is 15.0. The van der Waals surface area contributed by atoms with Gasteiger partial charge in [-0.3, -0.25) is 0 Å². The molecule has 21 heavy (non-hydrogen) atoms. The molecule has 0 bridgehead atoms. The first-order valence-corrected chi connectivity index (χ1v) is 9.13. The number of hydrogen-bond donors (Lipinski definition) is 0. The van der Waals surface area contributed by atoms with Gasteiger partial charge in [-0.2, -0.15) is 0 Å². The third-order valence-corrected chi connectivity index (χ3v) is 4.63. The molecule has 1 unspecified atom stereocenters. The fraction of sp³-hybridized carbons (Fsp3) is 0.895. The van der Waals surface area contributed by atoms with Gasteiger partial charge in [0.05, 0.1) is 26.7 Å². The van der Waals surface area contributed by atoms with Gasteiger partial charge >= 0.3 is 0 Å². The maximum Gasteiger partial charge on any atom is 0.0968 e. The minimum atomic E-state index is 0. The minimum absolute atomic E-state index is 0. The molecule has 1 atom stereocenters. The Morgan fingerprint density at radius 2 is 1.19 bits per heavy atom. The molecule has 128 valence electrons. The number of quaternary nitrogens is 1. The molecule has 0 aliphatic carbocycles. The molecule has 0 N–H and O–H groups in total. The summed E-state index contributed by atoms with van der Waals surface area (Å²) < 4.78 is 1.17. The predicted octanol–water partition coefficient (Wildman–Crippen LogP) is 2.95. The van der Waals surface area contributed by atoms with Crippen LogP contribution in [-0.4, -0.2) is 31.2 Å². The SMILES string of the molecule is C=CC[N+](C)(CC)CCCCCCCCCCCCC.[Cl-]. The van der Waals surface area contributed by atoms with E-state index in [0.717, 1.165) is 6.54 Å². The Morgan fingerprint density at radius 1 is 0.762 bits per heavy atom. The Morgan fingerprint density at radius 3 is 1.57 bits per heavy atom. The monoisotopic (exact) mass is 317 g/mol. The lowest BCUT2D eigenvalue weighted by atomic mass is 10.1. The Kier molecular flexibility index (Phi) is 18.1. The lowest BCUT2D eigenvalue weighted by Gasteiger charge is -2.32. The van der Waals surface area contributed by atoms with Crippen LogP contribution in [0, 0.1) is 0 Å². The standard InChI is InChI=1S/C19H40N.ClH/c1-5-8-9-10-11-12-13-14-15-16-17-19-20(4,7-3)18-6-2;/h6H,2,5,7-19H2,1,3-4H3;1H/q+1;/p-1. The maximum atomic E-state index is 3.88. The van der Waals surface area contributed by atoms with Gasteiger partial charge in [-0.25, -0.2) is 0 Å². The molecular weight excluding hydrogens is 278 g/mol. The van der Waals surface area contributed by atoms with Crippen LogP contribution in [0.3, 0.4) is 0 Å². The van der Waals surface area contributed by atoms with E-state index in [2.05, 4.69) is 33.6 Å². The van der Waals surface area contributed by atoms with E-state index in [4.69, 9.17) is 0 Å². The van der Waals surface area contributed by atoms with E-state index in [1.54, 1.807) is 0 Å². The van der Waals surface area contributed by atoms with E-state index in [9.17, 15) is 0 Å². The highest BCUT2D eigenvalue weighted by molar-refractivity contribution is 4.65. The van der Waals surface area contributed by atoms with Crippen LogP contribution in [0.5, 0.6) is 0 Å². The molecule has 0 saturated heterocycles. The second kappa shape index (κ2) is 16.4. The summed E-state index contributed by atoms with van der Waals surface area (Å²) in [4.78, 5) is 0. The molecule has 0 radical (unpaired) electrons. The van der Waals surface area contributed by atoms with Gasteiger partial charge in [0, 0.05) is 0 Å². The molecule has 2 heteroatoms. The van der Waals surface area contributed by atoms with Gasteiger partial charge in [-0.1, -0.05) is 71.3 Å². The first-order chi connectivity index (χ1) is 9.68. The van der Waals surface area contributed by atoms with Crippen molar-refractivity contribution in [1.29, 1.82) is 0 Å². The summed E-state index contributed by atoms with van der Waals surface area (Å²) in [5.41, 5.74) is 0.